The van der Waals surface area contributed by atoms with Crippen LogP contribution in [0.3, 0.4) is 0 Å². The van der Waals surface area contributed by atoms with Crippen molar-refractivity contribution in [1.29, 1.82) is 0 Å². The van der Waals surface area contributed by atoms with Gasteiger partial charge in [0.15, 0.2) is 10.8 Å². The quantitative estimate of drug-likeness (QED) is 0.559. The van der Waals surface area contributed by atoms with Crippen molar-refractivity contribution in [2.75, 3.05) is 18.8 Å². The molecule has 0 spiro atoms. The number of aromatic nitrogens is 4. The Hall–Kier alpha value is -2.32. The number of likely N-dealkylation sites (tertiary alicyclic amines) is 1. The molecule has 0 aliphatic carbocycles. The number of thioether (sulfide) groups is 1. The fourth-order valence-corrected chi connectivity index (χ4v) is 6.09. The zero-order valence-electron chi connectivity index (χ0n) is 17.5. The van der Waals surface area contributed by atoms with Gasteiger partial charge in [-0.2, -0.15) is 5.10 Å². The van der Waals surface area contributed by atoms with E-state index in [0.29, 0.717) is 45.2 Å². The van der Waals surface area contributed by atoms with Gasteiger partial charge in [0, 0.05) is 30.3 Å². The summed E-state index contributed by atoms with van der Waals surface area (Å²) in [6, 6.07) is 7.11. The highest BCUT2D eigenvalue weighted by Gasteiger charge is 2.32. The molecule has 3 aromatic rings. The van der Waals surface area contributed by atoms with Crippen molar-refractivity contribution in [3.05, 3.63) is 45.8 Å². The Labute approximate surface area is 189 Å². The van der Waals surface area contributed by atoms with Crippen LogP contribution >= 0.6 is 23.4 Å². The van der Waals surface area contributed by atoms with Crippen LogP contribution in [-0.4, -0.2) is 49.0 Å². The highest BCUT2D eigenvalue weighted by molar-refractivity contribution is 7.99. The fourth-order valence-electron chi connectivity index (χ4n) is 4.77. The summed E-state index contributed by atoms with van der Waals surface area (Å²) in [7, 11) is 0. The minimum Gasteiger partial charge on any atom is -0.342 e. The summed E-state index contributed by atoms with van der Waals surface area (Å²) in [5.41, 5.74) is 1.12. The molecule has 5 rings (SSSR count). The number of piperidine rings is 1. The number of nitrogens with zero attached hydrogens (tertiary/aromatic N) is 5. The Morgan fingerprint density at radius 1 is 1.26 bits per heavy atom. The molecule has 162 valence electrons. The molecule has 3 atom stereocenters. The van der Waals surface area contributed by atoms with Gasteiger partial charge in [-0.1, -0.05) is 43.3 Å². The Balaban J connectivity index is 1.46. The molecule has 3 unspecified atom stereocenters. The smallest absolute Gasteiger partial charge is 0.265 e. The standard InChI is InChI=1S/C22H24ClN5O2S/c1-13-6-14(2)11-26(10-13)19(29)8-17-12-31-22-25-20-18(21(30)27(17)22)9-24-28(20)16-5-3-4-15(23)7-16/h3-5,7,9,13-14,17H,6,8,10-12H2,1-2H3. The van der Waals surface area contributed by atoms with Crippen LogP contribution in [0.5, 0.6) is 0 Å². The molecule has 4 heterocycles. The van der Waals surface area contributed by atoms with Gasteiger partial charge in [-0.3, -0.25) is 14.2 Å². The topological polar surface area (TPSA) is 73.0 Å². The van der Waals surface area contributed by atoms with Gasteiger partial charge in [0.25, 0.3) is 5.56 Å². The summed E-state index contributed by atoms with van der Waals surface area (Å²) in [6.07, 6.45) is 3.04. The van der Waals surface area contributed by atoms with Crippen molar-refractivity contribution in [3.63, 3.8) is 0 Å². The first-order chi connectivity index (χ1) is 14.9. The molecule has 0 radical (unpaired) electrons. The van der Waals surface area contributed by atoms with E-state index in [4.69, 9.17) is 16.6 Å². The zero-order chi connectivity index (χ0) is 21.7. The number of hydrogen-bond acceptors (Lipinski definition) is 5. The number of hydrogen-bond donors (Lipinski definition) is 0. The predicted octanol–water partition coefficient (Wildman–Crippen LogP) is 3.78. The van der Waals surface area contributed by atoms with Gasteiger partial charge in [-0.25, -0.2) is 9.67 Å². The SMILES string of the molecule is CC1CC(C)CN(C(=O)CC2CSc3nc4c(cnn4-c4cccc(Cl)c4)c(=O)n32)C1. The lowest BCUT2D eigenvalue weighted by Gasteiger charge is -2.35. The molecule has 0 saturated carbocycles. The van der Waals surface area contributed by atoms with Gasteiger partial charge in [0.2, 0.25) is 5.91 Å². The number of carbonyl (C=O) groups excluding carboxylic acids is 1. The van der Waals surface area contributed by atoms with Gasteiger partial charge in [-0.05, 0) is 36.5 Å². The average Bonchev–Trinajstić information content (AvgIpc) is 3.32. The summed E-state index contributed by atoms with van der Waals surface area (Å²) >= 11 is 7.64. The van der Waals surface area contributed by atoms with E-state index >= 15 is 0 Å². The second-order valence-electron chi connectivity index (χ2n) is 8.76. The van der Waals surface area contributed by atoms with Crippen molar-refractivity contribution in [1.82, 2.24) is 24.2 Å². The van der Waals surface area contributed by atoms with Gasteiger partial charge in [0.1, 0.15) is 5.39 Å². The molecule has 1 fully saturated rings. The van der Waals surface area contributed by atoms with Crippen molar-refractivity contribution < 1.29 is 4.79 Å². The fraction of sp³-hybridized carbons (Fsp3) is 0.455. The van der Waals surface area contributed by atoms with Gasteiger partial charge in [0.05, 0.1) is 17.9 Å². The summed E-state index contributed by atoms with van der Waals surface area (Å²) in [5, 5.41) is 6.06. The number of amides is 1. The van der Waals surface area contributed by atoms with Crippen molar-refractivity contribution in [2.24, 2.45) is 11.8 Å². The molecular weight excluding hydrogens is 434 g/mol. The molecule has 2 aliphatic rings. The highest BCUT2D eigenvalue weighted by Crippen LogP contribution is 2.34. The molecule has 1 amide bonds. The van der Waals surface area contributed by atoms with Crippen LogP contribution in [0.1, 0.15) is 32.7 Å². The first-order valence-corrected chi connectivity index (χ1v) is 11.9. The third-order valence-corrected chi connectivity index (χ3v) is 7.39. The molecule has 2 aliphatic heterocycles. The highest BCUT2D eigenvalue weighted by atomic mass is 35.5. The molecule has 1 saturated heterocycles. The molecule has 0 bridgehead atoms. The minimum atomic E-state index is -0.182. The van der Waals surface area contributed by atoms with E-state index in [0.717, 1.165) is 25.2 Å². The Morgan fingerprint density at radius 2 is 2.03 bits per heavy atom. The minimum absolute atomic E-state index is 0.124. The second-order valence-corrected chi connectivity index (χ2v) is 10.2. The van der Waals surface area contributed by atoms with E-state index in [2.05, 4.69) is 18.9 Å². The van der Waals surface area contributed by atoms with Crippen LogP contribution < -0.4 is 5.56 Å². The van der Waals surface area contributed by atoms with E-state index in [1.54, 1.807) is 27.6 Å². The first kappa shape index (κ1) is 20.6. The second kappa shape index (κ2) is 7.98. The normalized spacial score (nSPS) is 23.3. The molecule has 31 heavy (non-hydrogen) atoms. The van der Waals surface area contributed by atoms with E-state index < -0.39 is 0 Å². The number of fused-ring (bicyclic) bond motifs is 2. The van der Waals surface area contributed by atoms with Gasteiger partial charge in [-0.15, -0.1) is 0 Å². The Kier molecular flexibility index (Phi) is 5.30. The Morgan fingerprint density at radius 3 is 2.77 bits per heavy atom. The van der Waals surface area contributed by atoms with Crippen LogP contribution in [-0.2, 0) is 4.79 Å². The van der Waals surface area contributed by atoms with E-state index in [1.165, 1.54) is 11.8 Å². The zero-order valence-corrected chi connectivity index (χ0v) is 19.1. The summed E-state index contributed by atoms with van der Waals surface area (Å²) in [5.74, 6) is 1.82. The number of rotatable bonds is 3. The third-order valence-electron chi connectivity index (χ3n) is 6.06. The molecule has 9 heteroatoms. The average molecular weight is 458 g/mol. The predicted molar refractivity (Wildman–Crippen MR) is 122 cm³/mol. The summed E-state index contributed by atoms with van der Waals surface area (Å²) in [6.45, 7) is 5.99. The lowest BCUT2D eigenvalue weighted by Crippen LogP contribution is -2.43. The molecule has 0 N–H and O–H groups in total. The number of benzene rings is 1. The van der Waals surface area contributed by atoms with E-state index in [9.17, 15) is 9.59 Å². The lowest BCUT2D eigenvalue weighted by molar-refractivity contribution is -0.134. The van der Waals surface area contributed by atoms with Crippen LogP contribution in [0.25, 0.3) is 16.7 Å². The first-order valence-electron chi connectivity index (χ1n) is 10.6. The van der Waals surface area contributed by atoms with Crippen LogP contribution in [0.4, 0.5) is 0 Å². The number of halogens is 1. The van der Waals surface area contributed by atoms with Crippen LogP contribution in [0.15, 0.2) is 40.4 Å². The maximum absolute atomic E-state index is 13.3. The van der Waals surface area contributed by atoms with Crippen molar-refractivity contribution in [3.8, 4) is 5.69 Å². The van der Waals surface area contributed by atoms with Gasteiger partial charge < -0.3 is 4.90 Å². The summed E-state index contributed by atoms with van der Waals surface area (Å²) in [4.78, 5) is 33.0. The van der Waals surface area contributed by atoms with E-state index in [-0.39, 0.29) is 17.5 Å². The van der Waals surface area contributed by atoms with Crippen LogP contribution in [0, 0.1) is 11.8 Å². The summed E-state index contributed by atoms with van der Waals surface area (Å²) < 4.78 is 3.32. The van der Waals surface area contributed by atoms with Gasteiger partial charge >= 0.3 is 0 Å². The Bertz CT molecular complexity index is 1210. The molecule has 1 aromatic carbocycles. The number of carbonyl (C=O) groups is 1. The lowest BCUT2D eigenvalue weighted by atomic mass is 9.91. The van der Waals surface area contributed by atoms with Crippen molar-refractivity contribution >= 4 is 40.3 Å². The third kappa shape index (κ3) is 3.76. The van der Waals surface area contributed by atoms with Crippen molar-refractivity contribution in [2.45, 2.75) is 37.9 Å². The van der Waals surface area contributed by atoms with Crippen LogP contribution in [0.2, 0.25) is 5.02 Å². The molecule has 2 aromatic heterocycles. The maximum atomic E-state index is 13.3. The molecular formula is C22H24ClN5O2S. The monoisotopic (exact) mass is 457 g/mol. The maximum Gasteiger partial charge on any atom is 0.265 e. The van der Waals surface area contributed by atoms with E-state index in [1.807, 2.05) is 17.0 Å². The largest absolute Gasteiger partial charge is 0.342 e. The molecule has 7 nitrogen and oxygen atoms in total.